The van der Waals surface area contributed by atoms with Gasteiger partial charge in [0.25, 0.3) is 5.91 Å². The Morgan fingerprint density at radius 1 is 0.957 bits per heavy atom. The molecule has 14 nitrogen and oxygen atoms in total. The molecule has 14 heteroatoms. The van der Waals surface area contributed by atoms with E-state index in [0.29, 0.717) is 17.1 Å². The molecule has 0 saturated heterocycles. The van der Waals surface area contributed by atoms with Gasteiger partial charge in [0.1, 0.15) is 17.2 Å². The maximum absolute atomic E-state index is 13.5. The molecular weight excluding hydrogens is 610 g/mol. The third-order valence-electron chi connectivity index (χ3n) is 6.51. The number of imidazole rings is 1. The lowest BCUT2D eigenvalue weighted by molar-refractivity contribution is -0.139. The summed E-state index contributed by atoms with van der Waals surface area (Å²) in [5.74, 6) is -1.73. The highest BCUT2D eigenvalue weighted by Gasteiger charge is 2.35. The first-order valence-electron chi connectivity index (χ1n) is 14.4. The van der Waals surface area contributed by atoms with Crippen molar-refractivity contribution in [3.05, 3.63) is 72.2 Å². The first-order chi connectivity index (χ1) is 21.6. The number of carbonyl (C=O) groups excluding carboxylic acids is 3. The van der Waals surface area contributed by atoms with Crippen LogP contribution in [0, 0.1) is 0 Å². The zero-order valence-electron chi connectivity index (χ0n) is 27.0. The maximum atomic E-state index is 13.5. The molecule has 0 aliphatic rings. The molecule has 4 N–H and O–H groups in total. The van der Waals surface area contributed by atoms with E-state index in [2.05, 4.69) is 20.9 Å². The van der Waals surface area contributed by atoms with E-state index in [4.69, 9.17) is 18.9 Å². The smallest absolute Gasteiger partial charge is 0.408 e. The van der Waals surface area contributed by atoms with Gasteiger partial charge < -0.3 is 44.6 Å². The molecule has 0 bridgehead atoms. The van der Waals surface area contributed by atoms with E-state index in [0.717, 1.165) is 5.56 Å². The third-order valence-corrected chi connectivity index (χ3v) is 6.51. The molecular formula is C33H45N5O9. The van der Waals surface area contributed by atoms with Crippen molar-refractivity contribution in [3.63, 3.8) is 0 Å². The van der Waals surface area contributed by atoms with Crippen molar-refractivity contribution >= 4 is 29.7 Å². The third kappa shape index (κ3) is 11.0. The second-order valence-electron chi connectivity index (χ2n) is 11.8. The Hall–Kier alpha value is -5.11. The molecule has 0 spiro atoms. The molecule has 3 amide bonds. The summed E-state index contributed by atoms with van der Waals surface area (Å²) in [6.07, 6.45) is 1.81. The Bertz CT molecular complexity index is 1520. The monoisotopic (exact) mass is 655 g/mol. The number of alkyl carbamates (subject to hydrolysis) is 1. The largest absolute Gasteiger partial charge is 0.493 e. The fourth-order valence-corrected chi connectivity index (χ4v) is 4.23. The Kier molecular flexibility index (Phi) is 13.3. The minimum absolute atomic E-state index is 0. The number of aliphatic carboxylic acids is 1. The Labute approximate surface area is 274 Å². The van der Waals surface area contributed by atoms with Crippen molar-refractivity contribution in [2.45, 2.75) is 71.9 Å². The molecule has 47 heavy (non-hydrogen) atoms. The average Bonchev–Trinajstić information content (AvgIpc) is 3.42. The first kappa shape index (κ1) is 38.1. The van der Waals surface area contributed by atoms with Crippen LogP contribution in [-0.4, -0.2) is 76.5 Å². The molecule has 2 aromatic carbocycles. The summed E-state index contributed by atoms with van der Waals surface area (Å²) in [4.78, 5) is 55.5. The van der Waals surface area contributed by atoms with Crippen molar-refractivity contribution in [2.24, 2.45) is 0 Å². The quantitative estimate of drug-likeness (QED) is 0.197. The zero-order chi connectivity index (χ0) is 34.1. The van der Waals surface area contributed by atoms with E-state index in [9.17, 15) is 24.3 Å². The lowest BCUT2D eigenvalue weighted by Crippen LogP contribution is -2.59. The van der Waals surface area contributed by atoms with Crippen LogP contribution in [0.1, 0.15) is 59.2 Å². The van der Waals surface area contributed by atoms with Crippen LogP contribution in [0.5, 0.6) is 11.5 Å². The number of methoxy groups -OCH3 is 2. The minimum Gasteiger partial charge on any atom is -0.493 e. The molecule has 0 fully saturated rings. The number of amides is 3. The standard InChI is InChI=1S/C32H41N5O9.CH4/c1-31(2,3)46-30(42)36-32(4,5)29(41)34-22(18-45-17-20-11-9-8-10-12-20)27(38)35-25-16-37(19-33-25)26(28(39)40)21-13-14-23(43-6)24(15-21)44-7;/h8-16,19,22,26H,17-18H2,1-7H3,(H,34,41)(H,35,38)(H,36,42)(H,39,40);1H4/t22-,26?;/m1./s1. The fourth-order valence-electron chi connectivity index (χ4n) is 4.23. The van der Waals surface area contributed by atoms with Gasteiger partial charge in [0.15, 0.2) is 23.4 Å². The van der Waals surface area contributed by atoms with Crippen molar-refractivity contribution < 1.29 is 43.2 Å². The molecule has 0 aliphatic heterocycles. The number of nitrogens with one attached hydrogen (secondary N) is 3. The van der Waals surface area contributed by atoms with Gasteiger partial charge in [-0.05, 0) is 57.9 Å². The van der Waals surface area contributed by atoms with Gasteiger partial charge in [-0.15, -0.1) is 0 Å². The maximum Gasteiger partial charge on any atom is 0.408 e. The zero-order valence-corrected chi connectivity index (χ0v) is 27.0. The summed E-state index contributed by atoms with van der Waals surface area (Å²) in [7, 11) is 2.91. The Morgan fingerprint density at radius 2 is 1.62 bits per heavy atom. The number of benzene rings is 2. The topological polar surface area (TPSA) is 179 Å². The molecule has 3 aromatic rings. The molecule has 256 valence electrons. The predicted molar refractivity (Wildman–Crippen MR) is 174 cm³/mol. The SMILES string of the molecule is C.COc1ccc(C(C(=O)O)n2cnc(NC(=O)[C@@H](COCc3ccccc3)NC(=O)C(C)(C)NC(=O)OC(C)(C)C)c2)cc1OC. The van der Waals surface area contributed by atoms with E-state index >= 15 is 0 Å². The lowest BCUT2D eigenvalue weighted by Gasteiger charge is -2.29. The van der Waals surface area contributed by atoms with Gasteiger partial charge in [0.2, 0.25) is 5.91 Å². The minimum atomic E-state index is -1.46. The van der Waals surface area contributed by atoms with E-state index in [1.165, 1.54) is 45.2 Å². The normalized spacial score (nSPS) is 12.5. The van der Waals surface area contributed by atoms with Crippen LogP contribution < -0.4 is 25.4 Å². The number of hydrogen-bond donors (Lipinski definition) is 4. The fraction of sp³-hybridized carbons (Fsp3) is 0.424. The van der Waals surface area contributed by atoms with Crippen LogP contribution in [0.25, 0.3) is 0 Å². The molecule has 2 atom stereocenters. The number of aromatic nitrogens is 2. The van der Waals surface area contributed by atoms with Gasteiger partial charge >= 0.3 is 12.1 Å². The first-order valence-corrected chi connectivity index (χ1v) is 14.4. The van der Waals surface area contributed by atoms with E-state index in [1.807, 2.05) is 30.3 Å². The van der Waals surface area contributed by atoms with Gasteiger partial charge in [-0.2, -0.15) is 0 Å². The number of carboxylic acids is 1. The van der Waals surface area contributed by atoms with Crippen LogP contribution in [0.2, 0.25) is 0 Å². The molecule has 3 rings (SSSR count). The van der Waals surface area contributed by atoms with Crippen LogP contribution in [-0.2, 0) is 30.5 Å². The molecule has 1 aromatic heterocycles. The lowest BCUT2D eigenvalue weighted by atomic mass is 10.0. The second kappa shape index (κ2) is 16.5. The second-order valence-corrected chi connectivity index (χ2v) is 11.8. The Balaban J connectivity index is 0.00000768. The average molecular weight is 656 g/mol. The highest BCUT2D eigenvalue weighted by atomic mass is 16.6. The van der Waals surface area contributed by atoms with Crippen LogP contribution in [0.3, 0.4) is 0 Å². The summed E-state index contributed by atoms with van der Waals surface area (Å²) < 4.78 is 22.9. The molecule has 1 unspecified atom stereocenters. The van der Waals surface area contributed by atoms with Crippen molar-refractivity contribution in [1.82, 2.24) is 20.2 Å². The van der Waals surface area contributed by atoms with E-state index in [-0.39, 0.29) is 26.5 Å². The van der Waals surface area contributed by atoms with Gasteiger partial charge in [-0.3, -0.25) is 9.59 Å². The van der Waals surface area contributed by atoms with Crippen molar-refractivity contribution in [2.75, 3.05) is 26.1 Å². The number of anilines is 1. The summed E-state index contributed by atoms with van der Waals surface area (Å²) >= 11 is 0. The van der Waals surface area contributed by atoms with Crippen molar-refractivity contribution in [3.8, 4) is 11.5 Å². The summed E-state index contributed by atoms with van der Waals surface area (Å²) in [5, 5.41) is 17.8. The number of carbonyl (C=O) groups is 4. The summed E-state index contributed by atoms with van der Waals surface area (Å²) in [5.41, 5.74) is -1.02. The highest BCUT2D eigenvalue weighted by molar-refractivity contribution is 5.98. The number of ether oxygens (including phenoxy) is 4. The molecule has 0 aliphatic carbocycles. The van der Waals surface area contributed by atoms with Gasteiger partial charge in [0, 0.05) is 6.20 Å². The van der Waals surface area contributed by atoms with Crippen LogP contribution >= 0.6 is 0 Å². The van der Waals surface area contributed by atoms with Crippen LogP contribution in [0.15, 0.2) is 61.1 Å². The van der Waals surface area contributed by atoms with Gasteiger partial charge in [-0.25, -0.2) is 14.6 Å². The van der Waals surface area contributed by atoms with Gasteiger partial charge in [-0.1, -0.05) is 43.8 Å². The molecule has 0 saturated carbocycles. The van der Waals surface area contributed by atoms with Gasteiger partial charge in [0.05, 0.1) is 33.8 Å². The van der Waals surface area contributed by atoms with E-state index < -0.39 is 47.1 Å². The number of carboxylic acid groups (broad SMARTS) is 1. The van der Waals surface area contributed by atoms with Crippen molar-refractivity contribution in [1.29, 1.82) is 0 Å². The Morgan fingerprint density at radius 3 is 2.21 bits per heavy atom. The summed E-state index contributed by atoms with van der Waals surface area (Å²) in [6.45, 7) is 7.95. The highest BCUT2D eigenvalue weighted by Crippen LogP contribution is 2.31. The number of rotatable bonds is 14. The van der Waals surface area contributed by atoms with E-state index in [1.54, 1.807) is 39.0 Å². The van der Waals surface area contributed by atoms with Crippen LogP contribution in [0.4, 0.5) is 10.6 Å². The number of nitrogens with zero attached hydrogens (tertiary/aromatic N) is 2. The predicted octanol–water partition coefficient (Wildman–Crippen LogP) is 4.15. The molecule has 1 heterocycles. The molecule has 0 radical (unpaired) electrons. The summed E-state index contributed by atoms with van der Waals surface area (Å²) in [6, 6.07) is 11.5. The number of hydrogen-bond acceptors (Lipinski definition) is 9.